The standard InChI is InChI=1S/C14H21NO3S/c1-18-13-7-2-3-8-14(13)19(16,17)11-9-12-6-4-5-10-15-12/h2-3,7-8,12,15H,4-6,9-11H2,1H3. The normalized spacial score (nSPS) is 20.2. The largest absolute Gasteiger partial charge is 0.495 e. The average molecular weight is 283 g/mol. The number of piperidine rings is 1. The molecule has 1 unspecified atom stereocenters. The highest BCUT2D eigenvalue weighted by Gasteiger charge is 2.21. The van der Waals surface area contributed by atoms with Crippen LogP contribution < -0.4 is 10.1 Å². The van der Waals surface area contributed by atoms with E-state index in [0.29, 0.717) is 23.1 Å². The Bertz CT molecular complexity index is 507. The van der Waals surface area contributed by atoms with Crippen molar-refractivity contribution in [1.82, 2.24) is 5.32 Å². The average Bonchev–Trinajstić information content (AvgIpc) is 2.46. The summed E-state index contributed by atoms with van der Waals surface area (Å²) in [6, 6.07) is 7.14. The van der Waals surface area contributed by atoms with Gasteiger partial charge in [-0.2, -0.15) is 0 Å². The molecule has 19 heavy (non-hydrogen) atoms. The second kappa shape index (κ2) is 6.39. The van der Waals surface area contributed by atoms with Gasteiger partial charge in [0.25, 0.3) is 0 Å². The van der Waals surface area contributed by atoms with Gasteiger partial charge in [-0.1, -0.05) is 18.6 Å². The van der Waals surface area contributed by atoms with Crippen molar-refractivity contribution in [1.29, 1.82) is 0 Å². The molecule has 5 heteroatoms. The van der Waals surface area contributed by atoms with E-state index in [1.165, 1.54) is 20.0 Å². The Morgan fingerprint density at radius 1 is 1.32 bits per heavy atom. The molecule has 0 saturated carbocycles. The zero-order valence-electron chi connectivity index (χ0n) is 11.3. The van der Waals surface area contributed by atoms with E-state index in [1.54, 1.807) is 24.3 Å². The van der Waals surface area contributed by atoms with E-state index in [-0.39, 0.29) is 5.75 Å². The van der Waals surface area contributed by atoms with Crippen LogP contribution in [0.5, 0.6) is 5.75 Å². The molecule has 1 saturated heterocycles. The number of rotatable bonds is 5. The molecule has 2 rings (SSSR count). The summed E-state index contributed by atoms with van der Waals surface area (Å²) in [6.07, 6.45) is 4.12. The first-order valence-electron chi connectivity index (χ1n) is 6.72. The van der Waals surface area contributed by atoms with Crippen LogP contribution in [0.15, 0.2) is 29.2 Å². The molecule has 0 spiro atoms. The molecule has 1 aromatic rings. The quantitative estimate of drug-likeness (QED) is 0.898. The lowest BCUT2D eigenvalue weighted by molar-refractivity contribution is 0.391. The first-order chi connectivity index (χ1) is 9.13. The van der Waals surface area contributed by atoms with Gasteiger partial charge in [0.15, 0.2) is 9.84 Å². The van der Waals surface area contributed by atoms with Crippen LogP contribution in [-0.4, -0.2) is 33.9 Å². The molecule has 0 amide bonds. The molecule has 0 aromatic heterocycles. The predicted octanol–water partition coefficient (Wildman–Crippen LogP) is 2.00. The Labute approximate surface area is 115 Å². The van der Waals surface area contributed by atoms with Gasteiger partial charge in [0.2, 0.25) is 0 Å². The SMILES string of the molecule is COc1ccccc1S(=O)(=O)CCC1CCCCN1. The molecule has 0 radical (unpaired) electrons. The van der Waals surface area contributed by atoms with Crippen LogP contribution in [0.25, 0.3) is 0 Å². The van der Waals surface area contributed by atoms with E-state index >= 15 is 0 Å². The fraction of sp³-hybridized carbons (Fsp3) is 0.571. The van der Waals surface area contributed by atoms with Gasteiger partial charge < -0.3 is 10.1 Å². The zero-order valence-corrected chi connectivity index (χ0v) is 12.1. The number of benzene rings is 1. The van der Waals surface area contributed by atoms with Gasteiger partial charge in [0.1, 0.15) is 10.6 Å². The Hall–Kier alpha value is -1.07. The fourth-order valence-corrected chi connectivity index (χ4v) is 4.01. The van der Waals surface area contributed by atoms with E-state index in [4.69, 9.17) is 4.74 Å². The van der Waals surface area contributed by atoms with Crippen molar-refractivity contribution < 1.29 is 13.2 Å². The number of sulfone groups is 1. The molecule has 106 valence electrons. The van der Waals surface area contributed by atoms with Crippen molar-refractivity contribution in [2.24, 2.45) is 0 Å². The molecule has 4 nitrogen and oxygen atoms in total. The third-order valence-electron chi connectivity index (χ3n) is 3.55. The second-order valence-corrected chi connectivity index (χ2v) is 6.98. The lowest BCUT2D eigenvalue weighted by atomic mass is 10.0. The third-order valence-corrected chi connectivity index (χ3v) is 5.33. The Morgan fingerprint density at radius 2 is 2.11 bits per heavy atom. The molecule has 1 atom stereocenters. The maximum atomic E-state index is 12.3. The monoisotopic (exact) mass is 283 g/mol. The fourth-order valence-electron chi connectivity index (χ4n) is 2.45. The highest BCUT2D eigenvalue weighted by atomic mass is 32.2. The third kappa shape index (κ3) is 3.70. The number of nitrogens with one attached hydrogen (secondary N) is 1. The molecular weight excluding hydrogens is 262 g/mol. The van der Waals surface area contributed by atoms with Crippen molar-refractivity contribution in [2.75, 3.05) is 19.4 Å². The van der Waals surface area contributed by atoms with Gasteiger partial charge >= 0.3 is 0 Å². The van der Waals surface area contributed by atoms with Crippen LogP contribution in [0, 0.1) is 0 Å². The van der Waals surface area contributed by atoms with Crippen molar-refractivity contribution in [3.8, 4) is 5.75 Å². The van der Waals surface area contributed by atoms with E-state index < -0.39 is 9.84 Å². The smallest absolute Gasteiger partial charge is 0.182 e. The lowest BCUT2D eigenvalue weighted by Crippen LogP contribution is -2.35. The zero-order chi connectivity index (χ0) is 13.7. The number of hydrogen-bond donors (Lipinski definition) is 1. The van der Waals surface area contributed by atoms with Crippen molar-refractivity contribution >= 4 is 9.84 Å². The maximum absolute atomic E-state index is 12.3. The highest BCUT2D eigenvalue weighted by molar-refractivity contribution is 7.91. The van der Waals surface area contributed by atoms with Gasteiger partial charge in [-0.15, -0.1) is 0 Å². The number of ether oxygens (including phenoxy) is 1. The summed E-state index contributed by atoms with van der Waals surface area (Å²) in [5.74, 6) is 0.601. The van der Waals surface area contributed by atoms with Crippen LogP contribution >= 0.6 is 0 Å². The molecule has 0 bridgehead atoms. The lowest BCUT2D eigenvalue weighted by Gasteiger charge is -2.23. The number of hydrogen-bond acceptors (Lipinski definition) is 4. The molecule has 1 N–H and O–H groups in total. The van der Waals surface area contributed by atoms with E-state index in [2.05, 4.69) is 5.32 Å². The first-order valence-corrected chi connectivity index (χ1v) is 8.38. The summed E-state index contributed by atoms with van der Waals surface area (Å²) in [5.41, 5.74) is 0. The molecule has 1 aliphatic heterocycles. The van der Waals surface area contributed by atoms with Crippen molar-refractivity contribution in [3.05, 3.63) is 24.3 Å². The minimum atomic E-state index is -3.27. The molecular formula is C14H21NO3S. The van der Waals surface area contributed by atoms with Crippen molar-refractivity contribution in [2.45, 2.75) is 36.6 Å². The highest BCUT2D eigenvalue weighted by Crippen LogP contribution is 2.25. The minimum Gasteiger partial charge on any atom is -0.495 e. The van der Waals surface area contributed by atoms with Gasteiger partial charge in [0.05, 0.1) is 12.9 Å². The maximum Gasteiger partial charge on any atom is 0.182 e. The van der Waals surface area contributed by atoms with Crippen LogP contribution in [0.3, 0.4) is 0 Å². The Balaban J connectivity index is 2.05. The van der Waals surface area contributed by atoms with Gasteiger partial charge in [-0.25, -0.2) is 8.42 Å². The van der Waals surface area contributed by atoms with E-state index in [0.717, 1.165) is 13.0 Å². The van der Waals surface area contributed by atoms with Crippen LogP contribution in [-0.2, 0) is 9.84 Å². The molecule has 1 fully saturated rings. The number of methoxy groups -OCH3 is 1. The van der Waals surface area contributed by atoms with Crippen LogP contribution in [0.4, 0.5) is 0 Å². The van der Waals surface area contributed by atoms with Gasteiger partial charge in [-0.05, 0) is 37.9 Å². The predicted molar refractivity (Wildman–Crippen MR) is 75.3 cm³/mol. The Morgan fingerprint density at radius 3 is 2.79 bits per heavy atom. The number of para-hydroxylation sites is 1. The van der Waals surface area contributed by atoms with Gasteiger partial charge in [-0.3, -0.25) is 0 Å². The van der Waals surface area contributed by atoms with Gasteiger partial charge in [0, 0.05) is 6.04 Å². The van der Waals surface area contributed by atoms with E-state index in [9.17, 15) is 8.42 Å². The molecule has 1 heterocycles. The minimum absolute atomic E-state index is 0.172. The molecule has 0 aliphatic carbocycles. The summed E-state index contributed by atoms with van der Waals surface area (Å²) < 4.78 is 29.8. The molecule has 1 aliphatic rings. The summed E-state index contributed by atoms with van der Waals surface area (Å²) >= 11 is 0. The molecule has 1 aromatic carbocycles. The second-order valence-electron chi connectivity index (χ2n) is 4.91. The van der Waals surface area contributed by atoms with E-state index in [1.807, 2.05) is 0 Å². The van der Waals surface area contributed by atoms with Crippen molar-refractivity contribution in [3.63, 3.8) is 0 Å². The van der Waals surface area contributed by atoms with Crippen LogP contribution in [0.2, 0.25) is 0 Å². The summed E-state index contributed by atoms with van der Waals surface area (Å²) in [4.78, 5) is 0.299. The van der Waals surface area contributed by atoms with Crippen LogP contribution in [0.1, 0.15) is 25.7 Å². The summed E-state index contributed by atoms with van der Waals surface area (Å²) in [6.45, 7) is 0.999. The summed E-state index contributed by atoms with van der Waals surface area (Å²) in [7, 11) is -1.77. The topological polar surface area (TPSA) is 55.4 Å². The Kier molecular flexibility index (Phi) is 4.82. The first kappa shape index (κ1) is 14.3. The summed E-state index contributed by atoms with van der Waals surface area (Å²) in [5, 5.41) is 3.38.